The first-order chi connectivity index (χ1) is 9.63. The Kier molecular flexibility index (Phi) is 5.05. The molecule has 2 rings (SSSR count). The van der Waals surface area contributed by atoms with Crippen LogP contribution in [0.25, 0.3) is 0 Å². The first kappa shape index (κ1) is 14.9. The van der Waals surface area contributed by atoms with Gasteiger partial charge in [-0.25, -0.2) is 4.79 Å². The van der Waals surface area contributed by atoms with E-state index in [0.717, 1.165) is 15.7 Å². The summed E-state index contributed by atoms with van der Waals surface area (Å²) in [6, 6.07) is 6.71. The summed E-state index contributed by atoms with van der Waals surface area (Å²) < 4.78 is 10.9. The van der Waals surface area contributed by atoms with Gasteiger partial charge in [0.25, 0.3) is 0 Å². The average Bonchev–Trinajstić information content (AvgIpc) is 2.48. The smallest absolute Gasteiger partial charge is 0.408 e. The van der Waals surface area contributed by atoms with Crippen molar-refractivity contribution < 1.29 is 19.1 Å². The van der Waals surface area contributed by atoms with Crippen molar-refractivity contribution in [2.75, 3.05) is 11.5 Å². The van der Waals surface area contributed by atoms with E-state index >= 15 is 0 Å². The van der Waals surface area contributed by atoms with Gasteiger partial charge in [-0.05, 0) is 17.7 Å². The molecule has 2 unspecified atom stereocenters. The fourth-order valence-electron chi connectivity index (χ4n) is 1.78. The number of carbonyl (C=O) groups is 2. The van der Waals surface area contributed by atoms with Crippen LogP contribution in [-0.4, -0.2) is 35.6 Å². The molecule has 0 saturated carbocycles. The molecule has 1 aromatic rings. The predicted molar refractivity (Wildman–Crippen MR) is 80.9 cm³/mol. The molecule has 1 aromatic carbocycles. The summed E-state index contributed by atoms with van der Waals surface area (Å²) in [6.07, 6.45) is -0.587. The molecule has 1 aliphatic heterocycles. The Hall–Kier alpha value is -1.51. The monoisotopic (exact) mass is 390 g/mol. The number of ether oxygens (including phenoxy) is 2. The van der Waals surface area contributed by atoms with Crippen LogP contribution in [0.15, 0.2) is 24.3 Å². The molecule has 1 fully saturated rings. The van der Waals surface area contributed by atoms with Crippen molar-refractivity contribution in [3.8, 4) is 5.75 Å². The molecular weight excluding hydrogens is 375 g/mol. The third kappa shape index (κ3) is 3.53. The Morgan fingerprint density at radius 3 is 2.65 bits per heavy atom. The van der Waals surface area contributed by atoms with Gasteiger partial charge in [0.05, 0.1) is 13.2 Å². The lowest BCUT2D eigenvalue weighted by Crippen LogP contribution is -2.69. The Balaban J connectivity index is 1.78. The summed E-state index contributed by atoms with van der Waals surface area (Å²) in [7, 11) is 1.59. The third-order valence-electron chi connectivity index (χ3n) is 2.98. The summed E-state index contributed by atoms with van der Waals surface area (Å²) in [5.41, 5.74) is 0.851. The fourth-order valence-corrected chi connectivity index (χ4v) is 2.50. The molecule has 0 bridgehead atoms. The van der Waals surface area contributed by atoms with Gasteiger partial charge < -0.3 is 20.1 Å². The van der Waals surface area contributed by atoms with E-state index < -0.39 is 12.1 Å². The Morgan fingerprint density at radius 2 is 2.10 bits per heavy atom. The first-order valence-corrected chi connectivity index (χ1v) is 7.59. The van der Waals surface area contributed by atoms with E-state index in [9.17, 15) is 9.59 Å². The topological polar surface area (TPSA) is 76.7 Å². The molecular formula is C13H15IN2O4. The minimum absolute atomic E-state index is 0.0170. The molecule has 0 spiro atoms. The zero-order chi connectivity index (χ0) is 14.5. The number of β-lactam (4-membered cyclic amide) rings is 1. The van der Waals surface area contributed by atoms with Gasteiger partial charge in [0.15, 0.2) is 0 Å². The van der Waals surface area contributed by atoms with Crippen molar-refractivity contribution >= 4 is 34.6 Å². The second kappa shape index (κ2) is 6.78. The number of amides is 2. The first-order valence-electron chi connectivity index (χ1n) is 6.06. The van der Waals surface area contributed by atoms with E-state index in [2.05, 4.69) is 33.2 Å². The van der Waals surface area contributed by atoms with Crippen LogP contribution in [0.3, 0.4) is 0 Å². The molecule has 1 saturated heterocycles. The normalized spacial score (nSPS) is 20.6. The van der Waals surface area contributed by atoms with Gasteiger partial charge in [0.2, 0.25) is 5.91 Å². The van der Waals surface area contributed by atoms with Gasteiger partial charge in [-0.15, -0.1) is 0 Å². The van der Waals surface area contributed by atoms with Gasteiger partial charge in [0.1, 0.15) is 18.4 Å². The lowest BCUT2D eigenvalue weighted by Gasteiger charge is -2.35. The number of hydrogen-bond donors (Lipinski definition) is 2. The highest BCUT2D eigenvalue weighted by atomic mass is 127. The molecule has 2 N–H and O–H groups in total. The average molecular weight is 390 g/mol. The van der Waals surface area contributed by atoms with Crippen molar-refractivity contribution in [2.45, 2.75) is 18.7 Å². The quantitative estimate of drug-likeness (QED) is 0.451. The van der Waals surface area contributed by atoms with Gasteiger partial charge in [-0.3, -0.25) is 4.79 Å². The van der Waals surface area contributed by atoms with Gasteiger partial charge in [0, 0.05) is 4.43 Å². The molecule has 0 aliphatic carbocycles. The van der Waals surface area contributed by atoms with Crippen LogP contribution >= 0.6 is 22.6 Å². The number of nitrogens with one attached hydrogen (secondary N) is 2. The number of hydrogen-bond acceptors (Lipinski definition) is 4. The number of halogens is 1. The van der Waals surface area contributed by atoms with Gasteiger partial charge in [-0.2, -0.15) is 0 Å². The minimum Gasteiger partial charge on any atom is -0.497 e. The molecule has 108 valence electrons. The Morgan fingerprint density at radius 1 is 1.40 bits per heavy atom. The maximum atomic E-state index is 11.6. The van der Waals surface area contributed by atoms with Crippen LogP contribution in [0.2, 0.25) is 0 Å². The lowest BCUT2D eigenvalue weighted by atomic mass is 10.0. The number of alkyl halides is 1. The molecule has 2 amide bonds. The van der Waals surface area contributed by atoms with Crippen LogP contribution < -0.4 is 15.4 Å². The highest BCUT2D eigenvalue weighted by Crippen LogP contribution is 2.13. The van der Waals surface area contributed by atoms with Gasteiger partial charge in [-0.1, -0.05) is 34.7 Å². The minimum atomic E-state index is -0.587. The number of methoxy groups -OCH3 is 1. The van der Waals surface area contributed by atoms with Crippen molar-refractivity contribution in [3.63, 3.8) is 0 Å². The second-order valence-corrected chi connectivity index (χ2v) is 5.20. The standard InChI is InChI=1S/C13H15IN2O4/c1-19-9-4-2-8(3-5-9)7-20-13(18)16-11-10(6-14)15-12(11)17/h2-5,10-11H,6-7H2,1H3,(H,15,17)(H,16,18). The van der Waals surface area contributed by atoms with Crippen LogP contribution in [-0.2, 0) is 16.1 Å². The SMILES string of the molecule is COc1ccc(COC(=O)NC2C(=O)NC2CI)cc1. The van der Waals surface area contributed by atoms with Crippen molar-refractivity contribution in [1.82, 2.24) is 10.6 Å². The predicted octanol–water partition coefficient (Wildman–Crippen LogP) is 1.22. The number of carbonyl (C=O) groups excluding carboxylic acids is 2. The highest BCUT2D eigenvalue weighted by Gasteiger charge is 2.39. The number of benzene rings is 1. The summed E-state index contributed by atoms with van der Waals surface area (Å²) in [4.78, 5) is 22.9. The molecule has 7 heteroatoms. The Labute approximate surface area is 130 Å². The van der Waals surface area contributed by atoms with E-state index in [1.165, 1.54) is 0 Å². The highest BCUT2D eigenvalue weighted by molar-refractivity contribution is 14.1. The molecule has 6 nitrogen and oxygen atoms in total. The third-order valence-corrected chi connectivity index (χ3v) is 3.93. The fraction of sp³-hybridized carbons (Fsp3) is 0.385. The largest absolute Gasteiger partial charge is 0.497 e. The second-order valence-electron chi connectivity index (χ2n) is 4.32. The molecule has 0 radical (unpaired) electrons. The maximum Gasteiger partial charge on any atom is 0.408 e. The number of rotatable bonds is 5. The van der Waals surface area contributed by atoms with Crippen LogP contribution in [0.4, 0.5) is 4.79 Å². The van der Waals surface area contributed by atoms with E-state index in [4.69, 9.17) is 9.47 Å². The molecule has 1 heterocycles. The maximum absolute atomic E-state index is 11.6. The molecule has 1 aliphatic rings. The molecule has 0 aromatic heterocycles. The summed E-state index contributed by atoms with van der Waals surface area (Å²) in [6.45, 7) is 0.152. The molecule has 2 atom stereocenters. The van der Waals surface area contributed by atoms with Gasteiger partial charge >= 0.3 is 6.09 Å². The van der Waals surface area contributed by atoms with E-state index in [-0.39, 0.29) is 18.6 Å². The van der Waals surface area contributed by atoms with Crippen molar-refractivity contribution in [2.24, 2.45) is 0 Å². The number of alkyl carbamates (subject to hydrolysis) is 1. The summed E-state index contributed by atoms with van der Waals surface area (Å²) >= 11 is 2.16. The van der Waals surface area contributed by atoms with Crippen LogP contribution in [0.1, 0.15) is 5.56 Å². The zero-order valence-corrected chi connectivity index (χ0v) is 13.0. The molecule has 20 heavy (non-hydrogen) atoms. The van der Waals surface area contributed by atoms with Crippen molar-refractivity contribution in [1.29, 1.82) is 0 Å². The van der Waals surface area contributed by atoms with Crippen molar-refractivity contribution in [3.05, 3.63) is 29.8 Å². The van der Waals surface area contributed by atoms with E-state index in [1.54, 1.807) is 19.2 Å². The van der Waals surface area contributed by atoms with E-state index in [1.807, 2.05) is 12.1 Å². The lowest BCUT2D eigenvalue weighted by molar-refractivity contribution is -0.130. The summed E-state index contributed by atoms with van der Waals surface area (Å²) in [5, 5.41) is 5.26. The van der Waals surface area contributed by atoms with Crippen LogP contribution in [0, 0.1) is 0 Å². The summed E-state index contributed by atoms with van der Waals surface area (Å²) in [5.74, 6) is 0.572. The van der Waals surface area contributed by atoms with Crippen LogP contribution in [0.5, 0.6) is 5.75 Å². The van der Waals surface area contributed by atoms with E-state index in [0.29, 0.717) is 0 Å². The Bertz CT molecular complexity index is 492. The zero-order valence-electron chi connectivity index (χ0n) is 10.9.